The molecular formula is C10H15N3O2S. The minimum Gasteiger partial charge on any atom is -0.480 e. The van der Waals surface area contributed by atoms with Crippen LogP contribution in [-0.2, 0) is 11.3 Å². The van der Waals surface area contributed by atoms with E-state index in [9.17, 15) is 4.79 Å². The molecule has 0 bridgehead atoms. The topological polar surface area (TPSA) is 67.2 Å². The van der Waals surface area contributed by atoms with Crippen molar-refractivity contribution >= 4 is 17.7 Å². The van der Waals surface area contributed by atoms with Gasteiger partial charge in [-0.2, -0.15) is 5.10 Å². The second kappa shape index (κ2) is 4.47. The molecule has 2 rings (SSSR count). The number of carboxylic acid groups (broad SMARTS) is 1. The Balaban J connectivity index is 2.13. The molecule has 16 heavy (non-hydrogen) atoms. The average Bonchev–Trinajstić information content (AvgIpc) is 2.83. The summed E-state index contributed by atoms with van der Waals surface area (Å²) in [5.74, 6) is -0.174. The second-order valence-corrected chi connectivity index (χ2v) is 4.93. The van der Waals surface area contributed by atoms with Crippen LogP contribution in [0.2, 0.25) is 0 Å². The summed E-state index contributed by atoms with van der Waals surface area (Å²) in [5, 5.41) is 16.4. The van der Waals surface area contributed by atoms with Crippen LogP contribution in [0.25, 0.3) is 0 Å². The van der Waals surface area contributed by atoms with Crippen LogP contribution in [0, 0.1) is 6.92 Å². The van der Waals surface area contributed by atoms with Gasteiger partial charge < -0.3 is 5.11 Å². The van der Waals surface area contributed by atoms with E-state index in [-0.39, 0.29) is 5.37 Å². The molecule has 1 aromatic heterocycles. The number of rotatable bonds is 3. The summed E-state index contributed by atoms with van der Waals surface area (Å²) in [7, 11) is 0. The highest BCUT2D eigenvalue weighted by Gasteiger charge is 2.31. The monoisotopic (exact) mass is 241 g/mol. The highest BCUT2D eigenvalue weighted by molar-refractivity contribution is 7.99. The van der Waals surface area contributed by atoms with Gasteiger partial charge in [0, 0.05) is 24.1 Å². The lowest BCUT2D eigenvalue weighted by molar-refractivity contribution is -0.138. The molecule has 1 aliphatic heterocycles. The van der Waals surface area contributed by atoms with Crippen molar-refractivity contribution in [1.82, 2.24) is 15.1 Å². The summed E-state index contributed by atoms with van der Waals surface area (Å²) in [4.78, 5) is 10.8. The highest BCUT2D eigenvalue weighted by atomic mass is 32.2. The number of carbonyl (C=O) groups is 1. The first-order valence-corrected chi connectivity index (χ1v) is 6.31. The molecule has 0 amide bonds. The Hall–Kier alpha value is -1.01. The number of nitrogens with zero attached hydrogens (tertiary/aromatic N) is 2. The molecule has 0 aliphatic carbocycles. The maximum absolute atomic E-state index is 10.8. The van der Waals surface area contributed by atoms with Crippen molar-refractivity contribution < 1.29 is 9.90 Å². The summed E-state index contributed by atoms with van der Waals surface area (Å²) in [6, 6.07) is -0.445. The zero-order valence-corrected chi connectivity index (χ0v) is 10.1. The van der Waals surface area contributed by atoms with Gasteiger partial charge in [-0.25, -0.2) is 0 Å². The lowest BCUT2D eigenvalue weighted by atomic mass is 10.2. The van der Waals surface area contributed by atoms with Crippen LogP contribution in [0.3, 0.4) is 0 Å². The summed E-state index contributed by atoms with van der Waals surface area (Å²) >= 11 is 1.62. The van der Waals surface area contributed by atoms with Crippen molar-refractivity contribution in [3.05, 3.63) is 17.5 Å². The number of carboxylic acids is 1. The lowest BCUT2D eigenvalue weighted by Crippen LogP contribution is -2.33. The summed E-state index contributed by atoms with van der Waals surface area (Å²) < 4.78 is 1.88. The van der Waals surface area contributed by atoms with Crippen LogP contribution < -0.4 is 5.32 Å². The molecule has 2 unspecified atom stereocenters. The molecule has 2 heterocycles. The second-order valence-electron chi connectivity index (χ2n) is 3.80. The van der Waals surface area contributed by atoms with E-state index in [2.05, 4.69) is 10.4 Å². The Morgan fingerprint density at radius 2 is 2.56 bits per heavy atom. The van der Waals surface area contributed by atoms with E-state index in [0.717, 1.165) is 17.8 Å². The molecular weight excluding hydrogens is 226 g/mol. The van der Waals surface area contributed by atoms with Gasteiger partial charge in [0.05, 0.1) is 11.1 Å². The Morgan fingerprint density at radius 3 is 3.06 bits per heavy atom. The first-order valence-electron chi connectivity index (χ1n) is 5.26. The van der Waals surface area contributed by atoms with E-state index in [1.165, 1.54) is 0 Å². The SMILES string of the molecule is CCn1cc(C2NC(C(=O)O)CS2)c(C)n1. The van der Waals surface area contributed by atoms with E-state index in [1.54, 1.807) is 11.8 Å². The Kier molecular flexibility index (Phi) is 3.20. The molecule has 1 aliphatic rings. The number of hydrogen-bond acceptors (Lipinski definition) is 4. The van der Waals surface area contributed by atoms with Gasteiger partial charge in [0.2, 0.25) is 0 Å². The van der Waals surface area contributed by atoms with Crippen molar-refractivity contribution in [2.24, 2.45) is 0 Å². The van der Waals surface area contributed by atoms with Crippen LogP contribution in [0.4, 0.5) is 0 Å². The van der Waals surface area contributed by atoms with Gasteiger partial charge in [0.25, 0.3) is 0 Å². The van der Waals surface area contributed by atoms with Crippen LogP contribution in [0.5, 0.6) is 0 Å². The molecule has 88 valence electrons. The van der Waals surface area contributed by atoms with E-state index in [4.69, 9.17) is 5.11 Å². The first-order chi connectivity index (χ1) is 7.61. The Bertz CT molecular complexity index is 405. The number of aliphatic carboxylic acids is 1. The Labute approximate surface area is 98.2 Å². The zero-order chi connectivity index (χ0) is 11.7. The van der Waals surface area contributed by atoms with Crippen LogP contribution in [0.15, 0.2) is 6.20 Å². The van der Waals surface area contributed by atoms with E-state index < -0.39 is 12.0 Å². The number of nitrogens with one attached hydrogen (secondary N) is 1. The van der Waals surface area contributed by atoms with E-state index in [0.29, 0.717) is 5.75 Å². The zero-order valence-electron chi connectivity index (χ0n) is 9.30. The van der Waals surface area contributed by atoms with Crippen molar-refractivity contribution in [1.29, 1.82) is 0 Å². The number of aryl methyl sites for hydroxylation is 2. The van der Waals surface area contributed by atoms with Gasteiger partial charge >= 0.3 is 5.97 Å². The largest absolute Gasteiger partial charge is 0.480 e. The fourth-order valence-electron chi connectivity index (χ4n) is 1.75. The van der Waals surface area contributed by atoms with Crippen LogP contribution >= 0.6 is 11.8 Å². The normalized spacial score (nSPS) is 24.9. The predicted molar refractivity (Wildman–Crippen MR) is 62.4 cm³/mol. The molecule has 0 spiro atoms. The van der Waals surface area contributed by atoms with Crippen molar-refractivity contribution in [3.8, 4) is 0 Å². The van der Waals surface area contributed by atoms with E-state index >= 15 is 0 Å². The van der Waals surface area contributed by atoms with Crippen molar-refractivity contribution in [2.75, 3.05) is 5.75 Å². The van der Waals surface area contributed by atoms with Crippen molar-refractivity contribution in [3.63, 3.8) is 0 Å². The molecule has 1 aromatic rings. The molecule has 0 saturated carbocycles. The van der Waals surface area contributed by atoms with Gasteiger partial charge in [0.1, 0.15) is 6.04 Å². The van der Waals surface area contributed by atoms with Gasteiger partial charge in [-0.05, 0) is 13.8 Å². The third-order valence-electron chi connectivity index (χ3n) is 2.67. The summed E-state index contributed by atoms with van der Waals surface area (Å²) in [6.07, 6.45) is 1.99. The average molecular weight is 241 g/mol. The first kappa shape index (κ1) is 11.5. The van der Waals surface area contributed by atoms with Gasteiger partial charge in [-0.15, -0.1) is 11.8 Å². The fraction of sp³-hybridized carbons (Fsp3) is 0.600. The third-order valence-corrected chi connectivity index (χ3v) is 3.92. The Morgan fingerprint density at radius 1 is 1.81 bits per heavy atom. The smallest absolute Gasteiger partial charge is 0.321 e. The number of thioether (sulfide) groups is 1. The third kappa shape index (κ3) is 2.08. The highest BCUT2D eigenvalue weighted by Crippen LogP contribution is 2.34. The van der Waals surface area contributed by atoms with Crippen LogP contribution in [0.1, 0.15) is 23.6 Å². The number of hydrogen-bond donors (Lipinski definition) is 2. The maximum Gasteiger partial charge on any atom is 0.321 e. The molecule has 0 aromatic carbocycles. The molecule has 0 radical (unpaired) electrons. The number of aromatic nitrogens is 2. The standard InChI is InChI=1S/C10H15N3O2S/c1-3-13-4-7(6(2)12-13)9-11-8(5-16-9)10(14)15/h4,8-9,11H,3,5H2,1-2H3,(H,14,15). The van der Waals surface area contributed by atoms with Crippen molar-refractivity contribution in [2.45, 2.75) is 31.8 Å². The van der Waals surface area contributed by atoms with Gasteiger partial charge in [-0.3, -0.25) is 14.8 Å². The minimum atomic E-state index is -0.782. The quantitative estimate of drug-likeness (QED) is 0.826. The summed E-state index contributed by atoms with van der Waals surface area (Å²) in [5.41, 5.74) is 2.06. The van der Waals surface area contributed by atoms with Gasteiger partial charge in [0.15, 0.2) is 0 Å². The fourth-order valence-corrected chi connectivity index (χ4v) is 3.04. The molecule has 1 fully saturated rings. The van der Waals surface area contributed by atoms with Gasteiger partial charge in [-0.1, -0.05) is 0 Å². The lowest BCUT2D eigenvalue weighted by Gasteiger charge is -2.09. The molecule has 2 atom stereocenters. The molecule has 6 heteroatoms. The molecule has 2 N–H and O–H groups in total. The predicted octanol–water partition coefficient (Wildman–Crippen LogP) is 1.000. The maximum atomic E-state index is 10.8. The molecule has 1 saturated heterocycles. The van der Waals surface area contributed by atoms with Crippen LogP contribution in [-0.4, -0.2) is 32.7 Å². The minimum absolute atomic E-state index is 0.0569. The van der Waals surface area contributed by atoms with E-state index in [1.807, 2.05) is 24.7 Å². The molecule has 5 nitrogen and oxygen atoms in total. The summed E-state index contributed by atoms with van der Waals surface area (Å²) in [6.45, 7) is 4.82.